The van der Waals surface area contributed by atoms with Gasteiger partial charge >= 0.3 is 0 Å². The van der Waals surface area contributed by atoms with Gasteiger partial charge in [-0.05, 0) is 47.9 Å². The van der Waals surface area contributed by atoms with E-state index in [-0.39, 0.29) is 11.6 Å². The highest BCUT2D eigenvalue weighted by atomic mass is 32.2. The molecule has 0 spiro atoms. The molecule has 0 aliphatic carbocycles. The van der Waals surface area contributed by atoms with Crippen LogP contribution in [0.5, 0.6) is 5.75 Å². The third-order valence-corrected chi connectivity index (χ3v) is 6.16. The van der Waals surface area contributed by atoms with E-state index in [4.69, 9.17) is 4.74 Å². The lowest BCUT2D eigenvalue weighted by Gasteiger charge is -2.08. The van der Waals surface area contributed by atoms with E-state index in [9.17, 15) is 8.42 Å². The minimum Gasteiger partial charge on any atom is -0.497 e. The van der Waals surface area contributed by atoms with Gasteiger partial charge in [-0.2, -0.15) is 0 Å². The van der Waals surface area contributed by atoms with Gasteiger partial charge in [0.1, 0.15) is 5.75 Å². The minimum atomic E-state index is -3.64. The van der Waals surface area contributed by atoms with Gasteiger partial charge in [0, 0.05) is 36.4 Å². The molecule has 2 N–H and O–H groups in total. The first-order valence-electron chi connectivity index (χ1n) is 9.19. The molecule has 4 aromatic rings. The van der Waals surface area contributed by atoms with E-state index in [1.807, 2.05) is 48.5 Å². The van der Waals surface area contributed by atoms with E-state index < -0.39 is 10.0 Å². The molecule has 2 aromatic heterocycles. The summed E-state index contributed by atoms with van der Waals surface area (Å²) in [5.74, 6) is 0.787. The summed E-state index contributed by atoms with van der Waals surface area (Å²) in [5.41, 5.74) is 4.07. The topological polar surface area (TPSA) is 89.0 Å². The number of aryl methyl sites for hydroxylation is 1. The zero-order valence-electron chi connectivity index (χ0n) is 16.2. The van der Waals surface area contributed by atoms with Crippen molar-refractivity contribution in [2.24, 2.45) is 7.05 Å². The fourth-order valence-electron chi connectivity index (χ4n) is 3.38. The predicted molar refractivity (Wildman–Crippen MR) is 112 cm³/mol. The Labute approximate surface area is 169 Å². The molecule has 0 aliphatic rings. The summed E-state index contributed by atoms with van der Waals surface area (Å²) in [4.78, 5) is 7.40. The Balaban J connectivity index is 1.62. The second kappa shape index (κ2) is 7.73. The molecule has 8 heteroatoms. The van der Waals surface area contributed by atoms with Gasteiger partial charge in [0.2, 0.25) is 0 Å². The Bertz CT molecular complexity index is 1240. The maximum atomic E-state index is 12.5. The van der Waals surface area contributed by atoms with Crippen LogP contribution in [0.2, 0.25) is 0 Å². The maximum absolute atomic E-state index is 12.5. The molecule has 0 bridgehead atoms. The molecule has 0 saturated carbocycles. The second-order valence-electron chi connectivity index (χ2n) is 6.78. The standard InChI is InChI=1S/C21H22N4O3S/c1-25-13-20(22-14-25)29(26,27)23-12-11-18-17-5-3-4-6-19(17)24-21(18)15-7-9-16(28-2)10-8-15/h3-10,13-14,23-24H,11-12H2,1-2H3. The number of fused-ring (bicyclic) bond motifs is 1. The lowest BCUT2D eigenvalue weighted by Crippen LogP contribution is -2.26. The second-order valence-corrected chi connectivity index (χ2v) is 8.49. The van der Waals surface area contributed by atoms with Gasteiger partial charge in [0.05, 0.1) is 13.4 Å². The summed E-state index contributed by atoms with van der Waals surface area (Å²) >= 11 is 0. The first-order chi connectivity index (χ1) is 14.0. The van der Waals surface area contributed by atoms with E-state index >= 15 is 0 Å². The predicted octanol–water partition coefficient (Wildman–Crippen LogP) is 3.10. The SMILES string of the molecule is COc1ccc(-c2[nH]c3ccccc3c2CCNS(=O)(=O)c2cn(C)cn2)cc1. The quantitative estimate of drug-likeness (QED) is 0.490. The highest BCUT2D eigenvalue weighted by Crippen LogP contribution is 2.31. The lowest BCUT2D eigenvalue weighted by molar-refractivity contribution is 0.415. The molecule has 7 nitrogen and oxygen atoms in total. The molecule has 0 radical (unpaired) electrons. The van der Waals surface area contributed by atoms with Crippen LogP contribution in [0.15, 0.2) is 66.1 Å². The minimum absolute atomic E-state index is 0.0225. The number of rotatable bonds is 7. The first-order valence-corrected chi connectivity index (χ1v) is 10.7. The summed E-state index contributed by atoms with van der Waals surface area (Å²) < 4.78 is 34.4. The Morgan fingerprint density at radius 1 is 1.14 bits per heavy atom. The van der Waals surface area contributed by atoms with Crippen molar-refractivity contribution in [3.8, 4) is 17.0 Å². The number of aromatic nitrogens is 3. The first kappa shape index (κ1) is 19.2. The van der Waals surface area contributed by atoms with E-state index in [1.54, 1.807) is 18.7 Å². The van der Waals surface area contributed by atoms with Gasteiger partial charge < -0.3 is 14.3 Å². The number of imidazole rings is 1. The van der Waals surface area contributed by atoms with Gasteiger partial charge in [0.15, 0.2) is 5.03 Å². The van der Waals surface area contributed by atoms with Crippen LogP contribution in [0.1, 0.15) is 5.56 Å². The molecule has 29 heavy (non-hydrogen) atoms. The number of para-hydroxylation sites is 1. The third-order valence-electron chi connectivity index (χ3n) is 4.82. The van der Waals surface area contributed by atoms with Crippen LogP contribution in [0, 0.1) is 0 Å². The van der Waals surface area contributed by atoms with Crippen LogP contribution in [-0.4, -0.2) is 36.6 Å². The van der Waals surface area contributed by atoms with Gasteiger partial charge in [0.25, 0.3) is 10.0 Å². The number of hydrogen-bond donors (Lipinski definition) is 2. The van der Waals surface area contributed by atoms with Crippen molar-refractivity contribution in [1.29, 1.82) is 0 Å². The highest BCUT2D eigenvalue weighted by Gasteiger charge is 2.18. The molecular formula is C21H22N4O3S. The largest absolute Gasteiger partial charge is 0.497 e. The summed E-state index contributed by atoms with van der Waals surface area (Å²) in [6.07, 6.45) is 3.49. The van der Waals surface area contributed by atoms with Crippen LogP contribution < -0.4 is 9.46 Å². The molecular weight excluding hydrogens is 388 g/mol. The van der Waals surface area contributed by atoms with Crippen LogP contribution in [0.4, 0.5) is 0 Å². The van der Waals surface area contributed by atoms with Crippen molar-refractivity contribution in [2.75, 3.05) is 13.7 Å². The van der Waals surface area contributed by atoms with Crippen molar-refractivity contribution in [2.45, 2.75) is 11.4 Å². The lowest BCUT2D eigenvalue weighted by atomic mass is 10.0. The number of aromatic amines is 1. The number of hydrogen-bond acceptors (Lipinski definition) is 4. The number of nitrogens with one attached hydrogen (secondary N) is 2. The van der Waals surface area contributed by atoms with Gasteiger partial charge in [-0.25, -0.2) is 18.1 Å². The molecule has 2 heterocycles. The van der Waals surface area contributed by atoms with E-state index in [0.717, 1.165) is 33.5 Å². The van der Waals surface area contributed by atoms with Crippen molar-refractivity contribution in [3.63, 3.8) is 0 Å². The van der Waals surface area contributed by atoms with Crippen LogP contribution in [0.3, 0.4) is 0 Å². The van der Waals surface area contributed by atoms with Crippen molar-refractivity contribution >= 4 is 20.9 Å². The van der Waals surface area contributed by atoms with Gasteiger partial charge in [-0.3, -0.25) is 0 Å². The monoisotopic (exact) mass is 410 g/mol. The third kappa shape index (κ3) is 3.90. The highest BCUT2D eigenvalue weighted by molar-refractivity contribution is 7.89. The Morgan fingerprint density at radius 2 is 1.90 bits per heavy atom. The van der Waals surface area contributed by atoms with E-state index in [0.29, 0.717) is 6.42 Å². The van der Waals surface area contributed by atoms with Crippen LogP contribution in [0.25, 0.3) is 22.2 Å². The zero-order chi connectivity index (χ0) is 20.4. The number of benzene rings is 2. The smallest absolute Gasteiger partial charge is 0.259 e. The number of methoxy groups -OCH3 is 1. The molecule has 0 amide bonds. The summed E-state index contributed by atoms with van der Waals surface area (Å²) in [6, 6.07) is 15.8. The Kier molecular flexibility index (Phi) is 5.12. The molecule has 0 fully saturated rings. The summed E-state index contributed by atoms with van der Waals surface area (Å²) in [7, 11) is -0.270. The van der Waals surface area contributed by atoms with Crippen LogP contribution in [-0.2, 0) is 23.5 Å². The molecule has 0 saturated heterocycles. The average molecular weight is 410 g/mol. The van der Waals surface area contributed by atoms with Crippen LogP contribution >= 0.6 is 0 Å². The average Bonchev–Trinajstić information content (AvgIpc) is 3.33. The molecule has 0 atom stereocenters. The number of ether oxygens (including phenoxy) is 1. The molecule has 0 unspecified atom stereocenters. The fraction of sp³-hybridized carbons (Fsp3) is 0.190. The van der Waals surface area contributed by atoms with E-state index in [1.165, 1.54) is 12.5 Å². The molecule has 4 rings (SSSR count). The fourth-order valence-corrected chi connectivity index (χ4v) is 4.39. The number of sulfonamides is 1. The van der Waals surface area contributed by atoms with Crippen molar-refractivity contribution in [3.05, 3.63) is 66.6 Å². The Hall–Kier alpha value is -3.10. The molecule has 2 aromatic carbocycles. The van der Waals surface area contributed by atoms with Gasteiger partial charge in [-0.15, -0.1) is 0 Å². The van der Waals surface area contributed by atoms with Gasteiger partial charge in [-0.1, -0.05) is 18.2 Å². The molecule has 0 aliphatic heterocycles. The van der Waals surface area contributed by atoms with E-state index in [2.05, 4.69) is 14.7 Å². The maximum Gasteiger partial charge on any atom is 0.259 e. The van der Waals surface area contributed by atoms with Crippen molar-refractivity contribution < 1.29 is 13.2 Å². The normalized spacial score (nSPS) is 11.8. The zero-order valence-corrected chi connectivity index (χ0v) is 17.0. The van der Waals surface area contributed by atoms with Crippen molar-refractivity contribution in [1.82, 2.24) is 19.3 Å². The number of H-pyrrole nitrogens is 1. The number of nitrogens with zero attached hydrogens (tertiary/aromatic N) is 2. The molecule has 150 valence electrons. The summed E-state index contributed by atoms with van der Waals surface area (Å²) in [6.45, 7) is 0.268. The Morgan fingerprint density at radius 3 is 2.59 bits per heavy atom. The summed E-state index contributed by atoms with van der Waals surface area (Å²) in [5, 5.41) is 1.10.